The molecular formula is C13H19Cl2NO2. The lowest BCUT2D eigenvalue weighted by atomic mass is 10.2. The van der Waals surface area contributed by atoms with Crippen LogP contribution in [0, 0.1) is 0 Å². The number of halogens is 2. The molecule has 0 amide bonds. The van der Waals surface area contributed by atoms with Gasteiger partial charge in [-0.05, 0) is 26.1 Å². The summed E-state index contributed by atoms with van der Waals surface area (Å²) >= 11 is 12.2. The van der Waals surface area contributed by atoms with E-state index in [4.69, 9.17) is 32.7 Å². The fourth-order valence-corrected chi connectivity index (χ4v) is 2.19. The molecule has 1 unspecified atom stereocenters. The summed E-state index contributed by atoms with van der Waals surface area (Å²) in [6.07, 6.45) is 0.855. The monoisotopic (exact) mass is 291 g/mol. The van der Waals surface area contributed by atoms with E-state index in [-0.39, 0.29) is 6.10 Å². The van der Waals surface area contributed by atoms with Crippen molar-refractivity contribution < 1.29 is 9.47 Å². The van der Waals surface area contributed by atoms with Crippen molar-refractivity contribution in [3.8, 4) is 5.75 Å². The lowest BCUT2D eigenvalue weighted by Gasteiger charge is -2.18. The van der Waals surface area contributed by atoms with Crippen LogP contribution in [-0.2, 0) is 11.3 Å². The van der Waals surface area contributed by atoms with E-state index in [0.717, 1.165) is 12.0 Å². The van der Waals surface area contributed by atoms with Gasteiger partial charge in [0.25, 0.3) is 0 Å². The van der Waals surface area contributed by atoms with Gasteiger partial charge in [0, 0.05) is 37.3 Å². The van der Waals surface area contributed by atoms with Crippen LogP contribution in [-0.4, -0.2) is 26.9 Å². The van der Waals surface area contributed by atoms with Crippen LogP contribution in [0.1, 0.15) is 18.9 Å². The molecule has 1 aromatic carbocycles. The first-order valence-electron chi connectivity index (χ1n) is 5.86. The topological polar surface area (TPSA) is 30.5 Å². The Bertz CT molecular complexity index is 385. The van der Waals surface area contributed by atoms with Crippen molar-refractivity contribution in [1.29, 1.82) is 0 Å². The molecule has 0 radical (unpaired) electrons. The average molecular weight is 292 g/mol. The molecule has 1 rings (SSSR count). The number of nitrogens with one attached hydrogen (secondary N) is 1. The standard InChI is InChI=1S/C13H19Cl2NO2/c1-9(4-5-17-3)18-13-10(8-16-2)6-11(14)7-12(13)15/h6-7,9,16H,4-5,8H2,1-3H3. The van der Waals surface area contributed by atoms with Crippen LogP contribution in [0.15, 0.2) is 12.1 Å². The number of ether oxygens (including phenoxy) is 2. The molecule has 0 aromatic heterocycles. The van der Waals surface area contributed by atoms with Crippen LogP contribution < -0.4 is 10.1 Å². The lowest BCUT2D eigenvalue weighted by Crippen LogP contribution is -2.16. The molecule has 0 fully saturated rings. The Kier molecular flexibility index (Phi) is 6.79. The van der Waals surface area contributed by atoms with Crippen molar-refractivity contribution in [2.75, 3.05) is 20.8 Å². The molecule has 0 saturated carbocycles. The zero-order valence-corrected chi connectivity index (χ0v) is 12.4. The van der Waals surface area contributed by atoms with Gasteiger partial charge >= 0.3 is 0 Å². The minimum Gasteiger partial charge on any atom is -0.489 e. The van der Waals surface area contributed by atoms with Crippen LogP contribution in [0.3, 0.4) is 0 Å². The van der Waals surface area contributed by atoms with E-state index in [2.05, 4.69) is 5.32 Å². The first-order chi connectivity index (χ1) is 8.58. The maximum atomic E-state index is 6.18. The zero-order valence-electron chi connectivity index (χ0n) is 10.9. The predicted octanol–water partition coefficient (Wildman–Crippen LogP) is 3.52. The Morgan fingerprint density at radius 3 is 2.67 bits per heavy atom. The Labute approximate surface area is 118 Å². The molecule has 0 spiro atoms. The van der Waals surface area contributed by atoms with Gasteiger partial charge < -0.3 is 14.8 Å². The van der Waals surface area contributed by atoms with Gasteiger partial charge in [-0.15, -0.1) is 0 Å². The molecule has 0 heterocycles. The minimum atomic E-state index is 0.0410. The maximum Gasteiger partial charge on any atom is 0.142 e. The molecule has 3 nitrogen and oxygen atoms in total. The van der Waals surface area contributed by atoms with E-state index >= 15 is 0 Å². The Balaban J connectivity index is 2.85. The third kappa shape index (κ3) is 4.65. The molecule has 0 bridgehead atoms. The van der Waals surface area contributed by atoms with Gasteiger partial charge in [-0.1, -0.05) is 23.2 Å². The number of hydrogen-bond donors (Lipinski definition) is 1. The third-order valence-corrected chi connectivity index (χ3v) is 3.00. The van der Waals surface area contributed by atoms with E-state index in [9.17, 15) is 0 Å². The van der Waals surface area contributed by atoms with E-state index in [1.807, 2.05) is 20.0 Å². The van der Waals surface area contributed by atoms with Crippen molar-refractivity contribution in [2.45, 2.75) is 26.0 Å². The molecule has 0 aliphatic carbocycles. The highest BCUT2D eigenvalue weighted by atomic mass is 35.5. The molecule has 1 aromatic rings. The van der Waals surface area contributed by atoms with Gasteiger partial charge in [0.2, 0.25) is 0 Å². The maximum absolute atomic E-state index is 6.18. The smallest absolute Gasteiger partial charge is 0.142 e. The van der Waals surface area contributed by atoms with Crippen LogP contribution in [0.5, 0.6) is 5.75 Å². The summed E-state index contributed by atoms with van der Waals surface area (Å²) in [6.45, 7) is 3.31. The van der Waals surface area contributed by atoms with E-state index in [1.54, 1.807) is 13.2 Å². The Morgan fingerprint density at radius 1 is 1.33 bits per heavy atom. The average Bonchev–Trinajstić information content (AvgIpc) is 2.31. The zero-order chi connectivity index (χ0) is 13.5. The second kappa shape index (κ2) is 7.85. The van der Waals surface area contributed by atoms with Crippen molar-refractivity contribution in [3.63, 3.8) is 0 Å². The van der Waals surface area contributed by atoms with Crippen LogP contribution in [0.4, 0.5) is 0 Å². The number of hydrogen-bond acceptors (Lipinski definition) is 3. The number of methoxy groups -OCH3 is 1. The van der Waals surface area contributed by atoms with E-state index in [1.165, 1.54) is 0 Å². The molecule has 18 heavy (non-hydrogen) atoms. The highest BCUT2D eigenvalue weighted by Gasteiger charge is 2.13. The highest BCUT2D eigenvalue weighted by molar-refractivity contribution is 6.35. The molecular weight excluding hydrogens is 273 g/mol. The van der Waals surface area contributed by atoms with Crippen LogP contribution in [0.25, 0.3) is 0 Å². The fraction of sp³-hybridized carbons (Fsp3) is 0.538. The lowest BCUT2D eigenvalue weighted by molar-refractivity contribution is 0.134. The summed E-state index contributed by atoms with van der Waals surface area (Å²) in [5.41, 5.74) is 0.958. The molecule has 5 heteroatoms. The number of rotatable bonds is 7. The second-order valence-electron chi connectivity index (χ2n) is 4.12. The van der Waals surface area contributed by atoms with Gasteiger partial charge in [0.15, 0.2) is 0 Å². The first-order valence-corrected chi connectivity index (χ1v) is 6.62. The van der Waals surface area contributed by atoms with E-state index in [0.29, 0.717) is 28.9 Å². The Hall–Kier alpha value is -0.480. The summed E-state index contributed by atoms with van der Waals surface area (Å²) in [5.74, 6) is 0.694. The van der Waals surface area contributed by atoms with Crippen molar-refractivity contribution in [3.05, 3.63) is 27.7 Å². The molecule has 0 aliphatic heterocycles. The second-order valence-corrected chi connectivity index (χ2v) is 4.96. The van der Waals surface area contributed by atoms with Crippen molar-refractivity contribution in [2.24, 2.45) is 0 Å². The summed E-state index contributed by atoms with van der Waals surface area (Å²) in [5, 5.41) is 4.23. The molecule has 0 aliphatic rings. The number of benzene rings is 1. The molecule has 1 atom stereocenters. The van der Waals surface area contributed by atoms with Gasteiger partial charge in [-0.3, -0.25) is 0 Å². The minimum absolute atomic E-state index is 0.0410. The normalized spacial score (nSPS) is 12.5. The van der Waals surface area contributed by atoms with Gasteiger partial charge in [0.05, 0.1) is 11.1 Å². The predicted molar refractivity (Wildman–Crippen MR) is 75.8 cm³/mol. The molecule has 102 valence electrons. The SMILES string of the molecule is CNCc1cc(Cl)cc(Cl)c1OC(C)CCOC. The Morgan fingerprint density at radius 2 is 2.06 bits per heavy atom. The summed E-state index contributed by atoms with van der Waals surface area (Å²) in [7, 11) is 3.54. The van der Waals surface area contributed by atoms with Crippen LogP contribution in [0.2, 0.25) is 10.0 Å². The third-order valence-electron chi connectivity index (χ3n) is 2.50. The largest absolute Gasteiger partial charge is 0.489 e. The van der Waals surface area contributed by atoms with Gasteiger partial charge in [-0.25, -0.2) is 0 Å². The van der Waals surface area contributed by atoms with Gasteiger partial charge in [0.1, 0.15) is 5.75 Å². The summed E-state index contributed by atoms with van der Waals surface area (Å²) in [4.78, 5) is 0. The van der Waals surface area contributed by atoms with Crippen LogP contribution >= 0.6 is 23.2 Å². The highest BCUT2D eigenvalue weighted by Crippen LogP contribution is 2.33. The van der Waals surface area contributed by atoms with E-state index < -0.39 is 0 Å². The molecule has 0 saturated heterocycles. The fourth-order valence-electron chi connectivity index (χ4n) is 1.61. The quantitative estimate of drug-likeness (QED) is 0.834. The van der Waals surface area contributed by atoms with Crippen molar-refractivity contribution in [1.82, 2.24) is 5.32 Å². The summed E-state index contributed by atoms with van der Waals surface area (Å²) in [6, 6.07) is 3.56. The summed E-state index contributed by atoms with van der Waals surface area (Å²) < 4.78 is 10.9. The van der Waals surface area contributed by atoms with Gasteiger partial charge in [-0.2, -0.15) is 0 Å². The van der Waals surface area contributed by atoms with Crippen molar-refractivity contribution >= 4 is 23.2 Å². The first kappa shape index (κ1) is 15.6. The molecule has 1 N–H and O–H groups in total.